The van der Waals surface area contributed by atoms with Crippen LogP contribution in [-0.4, -0.2) is 97.9 Å². The van der Waals surface area contributed by atoms with E-state index in [1.54, 1.807) is 18.9 Å². The van der Waals surface area contributed by atoms with Crippen molar-refractivity contribution >= 4 is 18.1 Å². The van der Waals surface area contributed by atoms with Crippen molar-refractivity contribution < 1.29 is 19.1 Å². The van der Waals surface area contributed by atoms with Gasteiger partial charge in [-0.2, -0.15) is 0 Å². The van der Waals surface area contributed by atoms with Crippen molar-refractivity contribution in [2.75, 3.05) is 59.5 Å². The van der Waals surface area contributed by atoms with Crippen LogP contribution in [0.2, 0.25) is 0 Å². The second kappa shape index (κ2) is 10.8. The van der Waals surface area contributed by atoms with Crippen LogP contribution in [0.1, 0.15) is 34.6 Å². The van der Waals surface area contributed by atoms with Crippen molar-refractivity contribution in [1.82, 2.24) is 20.0 Å². The fourth-order valence-electron chi connectivity index (χ4n) is 2.48. The number of aliphatic imine (C=N–C) groups is 1. The quantitative estimate of drug-likeness (QED) is 0.571. The van der Waals surface area contributed by atoms with E-state index in [-0.39, 0.29) is 12.2 Å². The first-order chi connectivity index (χ1) is 12.7. The molecule has 0 saturated carbocycles. The number of hydrogen-bond donors (Lipinski definition) is 1. The van der Waals surface area contributed by atoms with Crippen molar-refractivity contribution in [1.29, 1.82) is 0 Å². The molecule has 0 aromatic heterocycles. The van der Waals surface area contributed by atoms with Crippen molar-refractivity contribution in [2.24, 2.45) is 4.99 Å². The number of likely N-dealkylation sites (N-methyl/N-ethyl adjacent to an activating group) is 1. The molecule has 1 aliphatic heterocycles. The number of ether oxygens (including phenoxy) is 2. The van der Waals surface area contributed by atoms with E-state index in [1.165, 1.54) is 4.90 Å². The van der Waals surface area contributed by atoms with Gasteiger partial charge in [-0.3, -0.25) is 4.99 Å². The molecular formula is C18H35N5O4. The summed E-state index contributed by atoms with van der Waals surface area (Å²) in [4.78, 5) is 33.8. The highest BCUT2D eigenvalue weighted by Crippen LogP contribution is 2.09. The molecule has 0 aliphatic carbocycles. The van der Waals surface area contributed by atoms with Crippen molar-refractivity contribution in [3.05, 3.63) is 0 Å². The molecule has 0 aromatic carbocycles. The van der Waals surface area contributed by atoms with Crippen LogP contribution >= 0.6 is 0 Å². The Labute approximate surface area is 162 Å². The average molecular weight is 386 g/mol. The largest absolute Gasteiger partial charge is 0.450 e. The van der Waals surface area contributed by atoms with Crippen LogP contribution in [0.3, 0.4) is 0 Å². The van der Waals surface area contributed by atoms with Gasteiger partial charge in [0.1, 0.15) is 5.60 Å². The predicted molar refractivity (Wildman–Crippen MR) is 105 cm³/mol. The SMILES string of the molecule is CCNC(=NCCN(C)C(=O)OC(C)(C)C)N1CCN(C(=O)OCC)CC1. The van der Waals surface area contributed by atoms with Gasteiger partial charge in [-0.1, -0.05) is 0 Å². The highest BCUT2D eigenvalue weighted by atomic mass is 16.6. The Hall–Kier alpha value is -2.19. The first-order valence-corrected chi connectivity index (χ1v) is 9.57. The summed E-state index contributed by atoms with van der Waals surface area (Å²) in [5.74, 6) is 0.790. The zero-order valence-corrected chi connectivity index (χ0v) is 17.6. The third-order valence-electron chi connectivity index (χ3n) is 3.84. The maximum absolute atomic E-state index is 12.0. The topological polar surface area (TPSA) is 86.7 Å². The lowest BCUT2D eigenvalue weighted by Crippen LogP contribution is -2.54. The Morgan fingerprint density at radius 2 is 1.70 bits per heavy atom. The van der Waals surface area contributed by atoms with E-state index in [0.29, 0.717) is 45.9 Å². The van der Waals surface area contributed by atoms with Crippen molar-refractivity contribution in [2.45, 2.75) is 40.2 Å². The first kappa shape index (κ1) is 22.9. The summed E-state index contributed by atoms with van der Waals surface area (Å²) >= 11 is 0. The Morgan fingerprint density at radius 1 is 1.11 bits per heavy atom. The maximum Gasteiger partial charge on any atom is 0.410 e. The highest BCUT2D eigenvalue weighted by Gasteiger charge is 2.24. The van der Waals surface area contributed by atoms with E-state index in [9.17, 15) is 9.59 Å². The summed E-state index contributed by atoms with van der Waals surface area (Å²) in [7, 11) is 1.70. The molecule has 1 heterocycles. The summed E-state index contributed by atoms with van der Waals surface area (Å²) < 4.78 is 10.4. The van der Waals surface area contributed by atoms with E-state index in [2.05, 4.69) is 15.2 Å². The number of guanidine groups is 1. The van der Waals surface area contributed by atoms with Crippen LogP contribution in [-0.2, 0) is 9.47 Å². The molecule has 1 fully saturated rings. The van der Waals surface area contributed by atoms with Gasteiger partial charge in [-0.25, -0.2) is 9.59 Å². The molecule has 0 aromatic rings. The van der Waals surface area contributed by atoms with Gasteiger partial charge in [0, 0.05) is 46.3 Å². The summed E-state index contributed by atoms with van der Waals surface area (Å²) in [6.07, 6.45) is -0.621. The Kier molecular flexibility index (Phi) is 9.17. The van der Waals surface area contributed by atoms with Gasteiger partial charge in [0.05, 0.1) is 13.2 Å². The van der Waals surface area contributed by atoms with Gasteiger partial charge in [0.25, 0.3) is 0 Å². The molecule has 156 valence electrons. The zero-order valence-electron chi connectivity index (χ0n) is 17.6. The molecule has 2 amide bonds. The Balaban J connectivity index is 2.53. The number of carbonyl (C=O) groups is 2. The number of piperazine rings is 1. The van der Waals surface area contributed by atoms with Gasteiger partial charge in [-0.15, -0.1) is 0 Å². The van der Waals surface area contributed by atoms with Gasteiger partial charge >= 0.3 is 12.2 Å². The molecule has 27 heavy (non-hydrogen) atoms. The fraction of sp³-hybridized carbons (Fsp3) is 0.833. The lowest BCUT2D eigenvalue weighted by Gasteiger charge is -2.36. The molecule has 1 rings (SSSR count). The predicted octanol–water partition coefficient (Wildman–Crippen LogP) is 1.59. The van der Waals surface area contributed by atoms with E-state index < -0.39 is 5.60 Å². The molecule has 1 aliphatic rings. The van der Waals surface area contributed by atoms with Crippen LogP contribution in [0.15, 0.2) is 4.99 Å². The van der Waals surface area contributed by atoms with Gasteiger partial charge in [0.15, 0.2) is 5.96 Å². The third kappa shape index (κ3) is 8.36. The van der Waals surface area contributed by atoms with Crippen molar-refractivity contribution in [3.63, 3.8) is 0 Å². The molecule has 9 nitrogen and oxygen atoms in total. The van der Waals surface area contributed by atoms with Crippen LogP contribution in [0, 0.1) is 0 Å². The first-order valence-electron chi connectivity index (χ1n) is 9.57. The summed E-state index contributed by atoms with van der Waals surface area (Å²) in [5.41, 5.74) is -0.512. The number of rotatable bonds is 5. The maximum atomic E-state index is 12.0. The molecule has 0 bridgehead atoms. The monoisotopic (exact) mass is 385 g/mol. The van der Waals surface area contributed by atoms with E-state index in [0.717, 1.165) is 12.5 Å². The van der Waals surface area contributed by atoms with E-state index >= 15 is 0 Å². The molecule has 0 spiro atoms. The molecule has 0 unspecified atom stereocenters. The highest BCUT2D eigenvalue weighted by molar-refractivity contribution is 5.80. The van der Waals surface area contributed by atoms with Gasteiger partial charge in [-0.05, 0) is 34.6 Å². The standard InChI is InChI=1S/C18H35N5O4/c1-7-19-15(20-9-10-21(6)16(24)27-18(3,4)5)22-11-13-23(14-12-22)17(25)26-8-2/h7-14H2,1-6H3,(H,19,20). The normalized spacial score (nSPS) is 15.4. The smallest absolute Gasteiger partial charge is 0.410 e. The summed E-state index contributed by atoms with van der Waals surface area (Å²) in [5, 5.41) is 3.27. The number of amides is 2. The van der Waals surface area contributed by atoms with E-state index in [1.807, 2.05) is 27.7 Å². The van der Waals surface area contributed by atoms with Crippen LogP contribution in [0.5, 0.6) is 0 Å². The number of carbonyl (C=O) groups excluding carboxylic acids is 2. The molecule has 0 radical (unpaired) electrons. The van der Waals surface area contributed by atoms with Crippen LogP contribution < -0.4 is 5.32 Å². The second-order valence-electron chi connectivity index (χ2n) is 7.31. The van der Waals surface area contributed by atoms with Crippen LogP contribution in [0.25, 0.3) is 0 Å². The average Bonchev–Trinajstić information content (AvgIpc) is 2.59. The minimum atomic E-state index is -0.512. The summed E-state index contributed by atoms with van der Waals surface area (Å²) in [6.45, 7) is 14.0. The van der Waals surface area contributed by atoms with E-state index in [4.69, 9.17) is 9.47 Å². The molecule has 0 atom stereocenters. The molecule has 9 heteroatoms. The van der Waals surface area contributed by atoms with Gasteiger partial charge in [0.2, 0.25) is 0 Å². The number of nitrogens with zero attached hydrogens (tertiary/aromatic N) is 4. The molecule has 1 N–H and O–H groups in total. The van der Waals surface area contributed by atoms with Crippen molar-refractivity contribution in [3.8, 4) is 0 Å². The second-order valence-corrected chi connectivity index (χ2v) is 7.31. The fourth-order valence-corrected chi connectivity index (χ4v) is 2.48. The zero-order chi connectivity index (χ0) is 20.4. The number of hydrogen-bond acceptors (Lipinski definition) is 5. The lowest BCUT2D eigenvalue weighted by atomic mass is 10.2. The molecule has 1 saturated heterocycles. The van der Waals surface area contributed by atoms with Crippen LogP contribution in [0.4, 0.5) is 9.59 Å². The minimum absolute atomic E-state index is 0.266. The molecular weight excluding hydrogens is 350 g/mol. The third-order valence-corrected chi connectivity index (χ3v) is 3.84. The minimum Gasteiger partial charge on any atom is -0.450 e. The lowest BCUT2D eigenvalue weighted by molar-refractivity contribution is 0.0304. The Bertz CT molecular complexity index is 510. The summed E-state index contributed by atoms with van der Waals surface area (Å²) in [6, 6.07) is 0. The number of nitrogens with one attached hydrogen (secondary N) is 1. The van der Waals surface area contributed by atoms with Gasteiger partial charge < -0.3 is 29.5 Å². The Morgan fingerprint density at radius 3 is 2.22 bits per heavy atom.